The van der Waals surface area contributed by atoms with E-state index in [1.54, 1.807) is 25.8 Å². The summed E-state index contributed by atoms with van der Waals surface area (Å²) in [5.41, 5.74) is 6.83. The zero-order valence-electron chi connectivity index (χ0n) is 22.6. The standard InChI is InChI=1S/C27H40N4O6/c1-16(2)36-26(33)19-9-8-12-21(13-19)37-23-14-29-25(30-18(23)4)24(32)22(17(3)28)15-35-27(34)31(5)20-10-6-7-11-20/h14,16,19-21H,6-13,15,28H2,1-5H3/t19-,21-/m0/s1. The number of allylic oxidation sites excluding steroid dienone is 1. The first kappa shape index (κ1) is 28.4. The summed E-state index contributed by atoms with van der Waals surface area (Å²) < 4.78 is 16.9. The molecular formula is C27H40N4O6. The molecule has 204 valence electrons. The first-order valence-corrected chi connectivity index (χ1v) is 13.2. The third kappa shape index (κ3) is 7.66. The highest BCUT2D eigenvalue weighted by molar-refractivity contribution is 6.06. The molecule has 37 heavy (non-hydrogen) atoms. The van der Waals surface area contributed by atoms with E-state index in [1.807, 2.05) is 13.8 Å². The quantitative estimate of drug-likeness (QED) is 0.292. The molecular weight excluding hydrogens is 476 g/mol. The summed E-state index contributed by atoms with van der Waals surface area (Å²) in [7, 11) is 1.71. The van der Waals surface area contributed by atoms with Crippen LogP contribution in [-0.4, -0.2) is 64.6 Å². The molecule has 2 fully saturated rings. The molecule has 2 N–H and O–H groups in total. The van der Waals surface area contributed by atoms with E-state index in [1.165, 1.54) is 6.20 Å². The van der Waals surface area contributed by atoms with Crippen molar-refractivity contribution in [2.45, 2.75) is 97.3 Å². The summed E-state index contributed by atoms with van der Waals surface area (Å²) in [5, 5.41) is 0. The van der Waals surface area contributed by atoms with Crippen LogP contribution in [0.2, 0.25) is 0 Å². The van der Waals surface area contributed by atoms with Gasteiger partial charge in [0, 0.05) is 18.8 Å². The first-order chi connectivity index (χ1) is 17.6. The molecule has 0 aromatic carbocycles. The van der Waals surface area contributed by atoms with Crippen molar-refractivity contribution in [1.82, 2.24) is 14.9 Å². The van der Waals surface area contributed by atoms with Crippen LogP contribution in [0.1, 0.15) is 88.5 Å². The fourth-order valence-electron chi connectivity index (χ4n) is 4.83. The molecule has 2 saturated carbocycles. The molecule has 0 spiro atoms. The maximum atomic E-state index is 13.1. The number of rotatable bonds is 9. The highest BCUT2D eigenvalue weighted by Crippen LogP contribution is 2.30. The number of aromatic nitrogens is 2. The Morgan fingerprint density at radius 3 is 2.46 bits per heavy atom. The molecule has 10 nitrogen and oxygen atoms in total. The Hall–Kier alpha value is -3.17. The predicted octanol–water partition coefficient (Wildman–Crippen LogP) is 4.10. The average Bonchev–Trinajstić information content (AvgIpc) is 3.39. The van der Waals surface area contributed by atoms with E-state index in [9.17, 15) is 14.4 Å². The number of ether oxygens (including phenoxy) is 3. The molecule has 0 saturated heterocycles. The van der Waals surface area contributed by atoms with Crippen molar-refractivity contribution in [2.24, 2.45) is 11.7 Å². The summed E-state index contributed by atoms with van der Waals surface area (Å²) in [5.74, 6) is -0.478. The number of Topliss-reactive ketones (excluding diaryl/α,β-unsaturated/α-hetero) is 1. The van der Waals surface area contributed by atoms with Crippen molar-refractivity contribution >= 4 is 17.8 Å². The average molecular weight is 517 g/mol. The maximum absolute atomic E-state index is 13.1. The Labute approximate surface area is 218 Å². The van der Waals surface area contributed by atoms with E-state index in [4.69, 9.17) is 19.9 Å². The largest absolute Gasteiger partial charge is 0.487 e. The molecule has 0 bridgehead atoms. The van der Waals surface area contributed by atoms with E-state index in [-0.39, 0.29) is 53.8 Å². The van der Waals surface area contributed by atoms with Gasteiger partial charge in [0.15, 0.2) is 5.75 Å². The Morgan fingerprint density at radius 2 is 1.84 bits per heavy atom. The summed E-state index contributed by atoms with van der Waals surface area (Å²) in [6.07, 6.45) is 7.77. The van der Waals surface area contributed by atoms with Gasteiger partial charge in [-0.2, -0.15) is 0 Å². The van der Waals surface area contributed by atoms with Gasteiger partial charge < -0.3 is 24.8 Å². The number of ketones is 1. The molecule has 0 aliphatic heterocycles. The number of esters is 1. The van der Waals surface area contributed by atoms with Crippen LogP contribution >= 0.6 is 0 Å². The zero-order valence-corrected chi connectivity index (χ0v) is 22.6. The third-order valence-electron chi connectivity index (χ3n) is 6.99. The molecule has 0 unspecified atom stereocenters. The maximum Gasteiger partial charge on any atom is 0.410 e. The number of hydrogen-bond acceptors (Lipinski definition) is 9. The van der Waals surface area contributed by atoms with Crippen LogP contribution in [0.3, 0.4) is 0 Å². The monoisotopic (exact) mass is 516 g/mol. The summed E-state index contributed by atoms with van der Waals surface area (Å²) in [6.45, 7) is 6.73. The predicted molar refractivity (Wildman–Crippen MR) is 137 cm³/mol. The molecule has 2 aliphatic rings. The zero-order chi connectivity index (χ0) is 27.1. The number of nitrogens with two attached hydrogens (primary N) is 1. The minimum Gasteiger partial charge on any atom is -0.487 e. The van der Waals surface area contributed by atoms with Crippen molar-refractivity contribution in [3.63, 3.8) is 0 Å². The molecule has 1 heterocycles. The van der Waals surface area contributed by atoms with Gasteiger partial charge in [0.2, 0.25) is 11.6 Å². The molecule has 1 aromatic rings. The number of hydrogen-bond donors (Lipinski definition) is 1. The van der Waals surface area contributed by atoms with E-state index in [2.05, 4.69) is 9.97 Å². The van der Waals surface area contributed by atoms with Crippen LogP contribution in [0.5, 0.6) is 5.75 Å². The van der Waals surface area contributed by atoms with Crippen molar-refractivity contribution in [2.75, 3.05) is 13.7 Å². The van der Waals surface area contributed by atoms with Crippen LogP contribution in [0.25, 0.3) is 0 Å². The van der Waals surface area contributed by atoms with Crippen LogP contribution in [-0.2, 0) is 14.3 Å². The summed E-state index contributed by atoms with van der Waals surface area (Å²) in [6, 6.07) is 0.161. The fourth-order valence-corrected chi connectivity index (χ4v) is 4.83. The molecule has 2 atom stereocenters. The lowest BCUT2D eigenvalue weighted by Gasteiger charge is -2.29. The Morgan fingerprint density at radius 1 is 1.14 bits per heavy atom. The van der Waals surface area contributed by atoms with Gasteiger partial charge in [-0.25, -0.2) is 14.8 Å². The van der Waals surface area contributed by atoms with E-state index >= 15 is 0 Å². The van der Waals surface area contributed by atoms with Crippen LogP contribution in [0.15, 0.2) is 17.5 Å². The lowest BCUT2D eigenvalue weighted by atomic mass is 9.87. The van der Waals surface area contributed by atoms with Crippen LogP contribution < -0.4 is 10.5 Å². The molecule has 2 aliphatic carbocycles. The SMILES string of the molecule is CC(N)=C(COC(=O)N(C)C1CCCC1)C(=O)c1ncc(O[C@H]2CCC[C@H](C(=O)OC(C)C)C2)c(C)n1. The fraction of sp³-hybridized carbons (Fsp3) is 0.667. The molecule has 10 heteroatoms. The number of nitrogens with zero attached hydrogens (tertiary/aromatic N) is 3. The number of amides is 1. The molecule has 0 radical (unpaired) electrons. The van der Waals surface area contributed by atoms with Gasteiger partial charge in [0.1, 0.15) is 6.61 Å². The summed E-state index contributed by atoms with van der Waals surface area (Å²) in [4.78, 5) is 48.1. The van der Waals surface area contributed by atoms with Crippen LogP contribution in [0.4, 0.5) is 4.79 Å². The van der Waals surface area contributed by atoms with Gasteiger partial charge in [0.05, 0.1) is 35.6 Å². The number of carbonyl (C=O) groups excluding carboxylic acids is 3. The second-order valence-electron chi connectivity index (χ2n) is 10.3. The highest BCUT2D eigenvalue weighted by Gasteiger charge is 2.31. The Balaban J connectivity index is 1.61. The van der Waals surface area contributed by atoms with Gasteiger partial charge in [0.25, 0.3) is 0 Å². The highest BCUT2D eigenvalue weighted by atomic mass is 16.6. The van der Waals surface area contributed by atoms with Crippen molar-refractivity contribution in [3.8, 4) is 5.75 Å². The van der Waals surface area contributed by atoms with Gasteiger partial charge >= 0.3 is 12.1 Å². The number of aryl methyl sites for hydroxylation is 1. The van der Waals surface area contributed by atoms with Gasteiger partial charge in [-0.15, -0.1) is 0 Å². The smallest absolute Gasteiger partial charge is 0.410 e. The first-order valence-electron chi connectivity index (χ1n) is 13.2. The van der Waals surface area contributed by atoms with Gasteiger partial charge in [-0.3, -0.25) is 9.59 Å². The second-order valence-corrected chi connectivity index (χ2v) is 10.3. The normalized spacial score (nSPS) is 20.8. The van der Waals surface area contributed by atoms with Gasteiger partial charge in [-0.05, 0) is 66.2 Å². The molecule has 3 rings (SSSR count). The summed E-state index contributed by atoms with van der Waals surface area (Å²) >= 11 is 0. The van der Waals surface area contributed by atoms with Gasteiger partial charge in [-0.1, -0.05) is 12.8 Å². The van der Waals surface area contributed by atoms with E-state index < -0.39 is 11.9 Å². The van der Waals surface area contributed by atoms with Crippen molar-refractivity contribution in [1.29, 1.82) is 0 Å². The second kappa shape index (κ2) is 12.9. The lowest BCUT2D eigenvalue weighted by molar-refractivity contribution is -0.154. The molecule has 1 aromatic heterocycles. The van der Waals surface area contributed by atoms with Crippen molar-refractivity contribution in [3.05, 3.63) is 29.0 Å². The topological polar surface area (TPSA) is 134 Å². The minimum atomic E-state index is -0.500. The minimum absolute atomic E-state index is 0.0492. The number of carbonyl (C=O) groups is 3. The lowest BCUT2D eigenvalue weighted by Crippen LogP contribution is -2.36. The van der Waals surface area contributed by atoms with Crippen LogP contribution in [0, 0.1) is 12.8 Å². The Kier molecular flexibility index (Phi) is 9.88. The van der Waals surface area contributed by atoms with E-state index in [0.29, 0.717) is 17.9 Å². The van der Waals surface area contributed by atoms with Crippen molar-refractivity contribution < 1.29 is 28.6 Å². The Bertz CT molecular complexity index is 1010. The van der Waals surface area contributed by atoms with E-state index in [0.717, 1.165) is 44.9 Å². The molecule has 1 amide bonds. The third-order valence-corrected chi connectivity index (χ3v) is 6.99.